The molecule has 0 saturated carbocycles. The van der Waals surface area contributed by atoms with Crippen LogP contribution in [0.3, 0.4) is 0 Å². The Hall–Kier alpha value is -7.03. The van der Waals surface area contributed by atoms with Gasteiger partial charge in [-0.2, -0.15) is 0 Å². The van der Waals surface area contributed by atoms with Gasteiger partial charge in [0.2, 0.25) is 17.7 Å². The van der Waals surface area contributed by atoms with E-state index >= 15 is 0 Å². The Morgan fingerprint density at radius 3 is 0.773 bits per heavy atom. The van der Waals surface area contributed by atoms with Crippen molar-refractivity contribution in [2.45, 2.75) is 228 Å². The van der Waals surface area contributed by atoms with Crippen LogP contribution in [0.1, 0.15) is 138 Å². The van der Waals surface area contributed by atoms with Crippen molar-refractivity contribution in [2.75, 3.05) is 56.6 Å². The number of carboxylic acids is 2. The zero-order chi connectivity index (χ0) is 70.5. The van der Waals surface area contributed by atoms with E-state index in [0.717, 1.165) is 38.7 Å². The molecule has 32 nitrogen and oxygen atoms in total. The molecule has 11 atom stereocenters. The van der Waals surface area contributed by atoms with Gasteiger partial charge in [-0.3, -0.25) is 38.8 Å². The highest BCUT2D eigenvalue weighted by Gasteiger charge is 2.36. The summed E-state index contributed by atoms with van der Waals surface area (Å²) < 4.78 is 33.7. The molecule has 0 rings (SSSR count). The highest BCUT2D eigenvalue weighted by Crippen LogP contribution is 2.15. The average molecular weight is 1300 g/mol. The fraction of sp³-hybridized carbons (Fsp3) is 0.782. The highest BCUT2D eigenvalue weighted by atomic mass is 35.5. The number of aliphatic carboxylic acids is 2. The molecule has 0 aliphatic rings. The lowest BCUT2D eigenvalue weighted by atomic mass is 10.1. The number of carboxylic acid groups (broad SMARTS) is 2. The lowest BCUT2D eigenvalue weighted by Gasteiger charge is -2.32. The molecular weight excluding hydrogens is 1190 g/mol. The maximum Gasteiger partial charge on any atom is 0.410 e. The largest absolute Gasteiger partial charge is 0.480 e. The zero-order valence-electron chi connectivity index (χ0n) is 56.6. The first kappa shape index (κ1) is 92.1. The number of carbonyl (C=O) groups is 12. The van der Waals surface area contributed by atoms with Crippen molar-refractivity contribution >= 4 is 84.3 Å². The number of nitrogens with one attached hydrogen (secondary N) is 2. The molecule has 0 spiro atoms. The van der Waals surface area contributed by atoms with Crippen LogP contribution in [0.4, 0.5) is 19.2 Å². The van der Waals surface area contributed by atoms with Gasteiger partial charge in [-0.15, -0.1) is 12.4 Å². The van der Waals surface area contributed by atoms with E-state index < -0.39 is 161 Å². The summed E-state index contributed by atoms with van der Waals surface area (Å²) in [6.07, 6.45) is -5.75. The second-order valence-electron chi connectivity index (χ2n) is 23.7. The number of carbonyl (C=O) groups excluding carboxylic acids is 10. The molecule has 0 aromatic heterocycles. The van der Waals surface area contributed by atoms with Crippen molar-refractivity contribution in [3.63, 3.8) is 0 Å². The quantitative estimate of drug-likeness (QED) is 0.0721. The molecule has 516 valence electrons. The average Bonchev–Trinajstić information content (AvgIpc) is 3.38. The van der Waals surface area contributed by atoms with E-state index in [1.807, 2.05) is 0 Å². The van der Waals surface area contributed by atoms with Gasteiger partial charge >= 0.3 is 54.2 Å². The summed E-state index contributed by atoms with van der Waals surface area (Å²) in [6, 6.07) is -7.89. The monoisotopic (exact) mass is 1300 g/mol. The third-order valence-corrected chi connectivity index (χ3v) is 11.3. The van der Waals surface area contributed by atoms with E-state index in [1.165, 1.54) is 97.7 Å². The summed E-state index contributed by atoms with van der Waals surface area (Å²) in [5.41, 5.74) is 2.53. The SMILES string of the molecule is COC(=O)[C@H](N)[C@H](C)O.COC(=O)[C@H](NC(=O)[C@@H](C)N(C)C(=O)OC(C)(C)C)[C@H](C)O.COC(=O)[C@H](NC(=O)[C@@H](C)N(C)C(=O)[C@H](C)N(C)C(=O)OC(C)(C)C)[C@H](C)O.C[C@@H](C(=O)O)N(C)C(=O)OC(C)(C)C.C[C@H](C(=O)O)N(C)C(=O)OC(C)(C)C.Cl. The molecule has 0 aliphatic heterocycles. The minimum Gasteiger partial charge on any atom is -0.480 e. The van der Waals surface area contributed by atoms with E-state index in [9.17, 15) is 67.7 Å². The molecule has 7 amide bonds. The van der Waals surface area contributed by atoms with Gasteiger partial charge in [0, 0.05) is 35.2 Å². The van der Waals surface area contributed by atoms with Gasteiger partial charge in [0.05, 0.1) is 39.6 Å². The van der Waals surface area contributed by atoms with Crippen molar-refractivity contribution in [2.24, 2.45) is 5.73 Å². The van der Waals surface area contributed by atoms with Gasteiger partial charge in [-0.25, -0.2) is 38.4 Å². The molecular formula is C55H105ClN8O24. The first-order valence-corrected chi connectivity index (χ1v) is 27.1. The van der Waals surface area contributed by atoms with E-state index in [1.54, 1.807) is 83.1 Å². The van der Waals surface area contributed by atoms with Crippen LogP contribution < -0.4 is 16.4 Å². The van der Waals surface area contributed by atoms with Crippen LogP contribution in [0.25, 0.3) is 0 Å². The maximum absolute atomic E-state index is 12.7. The van der Waals surface area contributed by atoms with Gasteiger partial charge in [0.25, 0.3) is 0 Å². The van der Waals surface area contributed by atoms with Crippen LogP contribution in [-0.4, -0.2) is 268 Å². The molecule has 0 fully saturated rings. The van der Waals surface area contributed by atoms with Crippen LogP contribution in [0.15, 0.2) is 0 Å². The number of nitrogens with two attached hydrogens (primary N) is 1. The molecule has 0 radical (unpaired) electrons. The fourth-order valence-corrected chi connectivity index (χ4v) is 5.19. The Bertz CT molecular complexity index is 2200. The first-order chi connectivity index (χ1) is 38.9. The number of nitrogens with zero attached hydrogens (tertiary/aromatic N) is 5. The molecule has 88 heavy (non-hydrogen) atoms. The van der Waals surface area contributed by atoms with Crippen LogP contribution in [0.5, 0.6) is 0 Å². The Labute approximate surface area is 524 Å². The van der Waals surface area contributed by atoms with Crippen molar-refractivity contribution in [3.05, 3.63) is 0 Å². The summed E-state index contributed by atoms with van der Waals surface area (Å²) in [4.78, 5) is 144. The summed E-state index contributed by atoms with van der Waals surface area (Å²) in [5, 5.41) is 49.9. The third kappa shape index (κ3) is 39.0. The predicted molar refractivity (Wildman–Crippen MR) is 322 cm³/mol. The lowest BCUT2D eigenvalue weighted by Crippen LogP contribution is -2.56. The van der Waals surface area contributed by atoms with Gasteiger partial charge in [-0.1, -0.05) is 0 Å². The predicted octanol–water partition coefficient (Wildman–Crippen LogP) is 2.35. The number of amides is 7. The van der Waals surface area contributed by atoms with Gasteiger partial charge < -0.3 is 80.0 Å². The molecule has 0 aliphatic carbocycles. The van der Waals surface area contributed by atoms with Crippen molar-refractivity contribution in [1.29, 1.82) is 0 Å². The normalized spacial score (nSPS) is 14.6. The summed E-state index contributed by atoms with van der Waals surface area (Å²) in [5.74, 6) is -6.04. The first-order valence-electron chi connectivity index (χ1n) is 27.1. The number of ether oxygens (including phenoxy) is 7. The molecule has 0 unspecified atom stereocenters. The number of aliphatic hydroxyl groups excluding tert-OH is 3. The molecule has 33 heteroatoms. The number of aliphatic hydroxyl groups is 3. The van der Waals surface area contributed by atoms with E-state index in [-0.39, 0.29) is 12.4 Å². The Morgan fingerprint density at radius 1 is 0.375 bits per heavy atom. The van der Waals surface area contributed by atoms with E-state index in [0.29, 0.717) is 0 Å². The Morgan fingerprint density at radius 2 is 0.591 bits per heavy atom. The number of hydrogen-bond donors (Lipinski definition) is 8. The smallest absolute Gasteiger partial charge is 0.410 e. The second-order valence-corrected chi connectivity index (χ2v) is 23.7. The van der Waals surface area contributed by atoms with Crippen molar-refractivity contribution in [1.82, 2.24) is 35.1 Å². The summed E-state index contributed by atoms with van der Waals surface area (Å²) in [7, 11) is 10.5. The minimum absolute atomic E-state index is 0. The number of methoxy groups -OCH3 is 3. The van der Waals surface area contributed by atoms with Crippen LogP contribution in [-0.2, 0) is 71.5 Å². The molecule has 0 bridgehead atoms. The fourth-order valence-electron chi connectivity index (χ4n) is 5.19. The molecule has 0 aromatic rings. The van der Waals surface area contributed by atoms with Crippen LogP contribution in [0.2, 0.25) is 0 Å². The standard InChI is InChI=1S/C18H33N3O7.C14H26N2O6.2C9H17NO4.C5H11NO3.ClH/c1-10(14(23)19-13(12(3)22)16(25)27-9)20(7)15(24)11(2)21(8)17(26)28-18(4,5)6;1-8(16(6)13(20)22-14(3,4)5)11(18)15-10(9(2)17)12(19)21-7;2*1-6(7(11)12)10(5)8(13)14-9(2,3)4;1-3(7)4(6)5(8)9-2;/h10-13,22H,1-9H3,(H,19,23);8-10,17H,1-7H3,(H,15,18);2*6H,1-5H3,(H,11,12);3-4,7H,6H2,1-2H3;1H/t10-,11+,12+,13-;8-,9+,10-;2*6-;3-,4+;/m11100./s1. The van der Waals surface area contributed by atoms with Gasteiger partial charge in [-0.05, 0) is 138 Å². The van der Waals surface area contributed by atoms with Crippen LogP contribution >= 0.6 is 12.4 Å². The van der Waals surface area contributed by atoms with Crippen LogP contribution in [0, 0.1) is 0 Å². The molecule has 0 heterocycles. The molecule has 0 saturated heterocycles. The summed E-state index contributed by atoms with van der Waals surface area (Å²) >= 11 is 0. The number of hydrogen-bond acceptors (Lipinski definition) is 23. The number of rotatable bonds is 18. The number of likely N-dealkylation sites (N-methyl/N-ethyl adjacent to an activating group) is 5. The Balaban J connectivity index is -0.000000250. The number of halogens is 1. The van der Waals surface area contributed by atoms with E-state index in [4.69, 9.17) is 40.0 Å². The second kappa shape index (κ2) is 41.2. The molecule has 9 N–H and O–H groups in total. The van der Waals surface area contributed by atoms with Gasteiger partial charge in [0.1, 0.15) is 58.7 Å². The number of esters is 3. The van der Waals surface area contributed by atoms with E-state index in [2.05, 4.69) is 24.8 Å². The Kier molecular flexibility index (Phi) is 43.2. The molecule has 0 aromatic carbocycles. The topological polar surface area (TPSA) is 437 Å². The van der Waals surface area contributed by atoms with Gasteiger partial charge in [0.15, 0.2) is 12.1 Å². The third-order valence-electron chi connectivity index (χ3n) is 11.3. The lowest BCUT2D eigenvalue weighted by molar-refractivity contribution is -0.149. The van der Waals surface area contributed by atoms with Crippen molar-refractivity contribution in [3.8, 4) is 0 Å². The maximum atomic E-state index is 12.7. The highest BCUT2D eigenvalue weighted by molar-refractivity contribution is 5.93. The van der Waals surface area contributed by atoms with Crippen molar-refractivity contribution < 1.29 is 116 Å². The summed E-state index contributed by atoms with van der Waals surface area (Å²) in [6.45, 7) is 32.1. The zero-order valence-corrected chi connectivity index (χ0v) is 57.4. The minimum atomic E-state index is -1.26.